The molecule has 126 valence electrons. The minimum atomic E-state index is -0.621. The molecule has 25 heavy (non-hydrogen) atoms. The monoisotopic (exact) mass is 337 g/mol. The van der Waals surface area contributed by atoms with Crippen LogP contribution in [0.4, 0.5) is 4.39 Å². The first-order valence-electron chi connectivity index (χ1n) is 7.69. The number of aromatic amines is 1. The first-order valence-corrected chi connectivity index (χ1v) is 7.69. The zero-order valence-corrected chi connectivity index (χ0v) is 13.5. The lowest BCUT2D eigenvalue weighted by Crippen LogP contribution is -2.35. The number of aromatic nitrogens is 2. The second-order valence-corrected chi connectivity index (χ2v) is 5.54. The van der Waals surface area contributed by atoms with E-state index in [-0.39, 0.29) is 5.56 Å². The number of benzene rings is 1. The third kappa shape index (κ3) is 3.47. The van der Waals surface area contributed by atoms with Crippen LogP contribution in [0.15, 0.2) is 71.8 Å². The molecule has 0 aliphatic rings. The van der Waals surface area contributed by atoms with Crippen molar-refractivity contribution in [3.63, 3.8) is 0 Å². The van der Waals surface area contributed by atoms with Crippen molar-refractivity contribution in [2.45, 2.75) is 6.04 Å². The smallest absolute Gasteiger partial charge is 0.260 e. The maximum absolute atomic E-state index is 13.7. The van der Waals surface area contributed by atoms with Crippen molar-refractivity contribution in [3.8, 4) is 0 Å². The molecule has 1 atom stereocenters. The maximum Gasteiger partial charge on any atom is 0.260 e. The highest BCUT2D eigenvalue weighted by Crippen LogP contribution is 2.27. The molecule has 0 saturated carbocycles. The summed E-state index contributed by atoms with van der Waals surface area (Å²) in [7, 11) is 1.57. The lowest BCUT2D eigenvalue weighted by molar-refractivity contribution is 0.0750. The van der Waals surface area contributed by atoms with E-state index in [1.54, 1.807) is 49.6 Å². The van der Waals surface area contributed by atoms with Crippen LogP contribution in [0.2, 0.25) is 0 Å². The molecule has 1 unspecified atom stereocenters. The number of hydrogen-bond acceptors (Lipinski definition) is 3. The molecule has 6 heteroatoms. The van der Waals surface area contributed by atoms with E-state index in [0.717, 1.165) is 0 Å². The van der Waals surface area contributed by atoms with Crippen molar-refractivity contribution in [1.82, 2.24) is 14.9 Å². The topological polar surface area (TPSA) is 66.1 Å². The van der Waals surface area contributed by atoms with Crippen LogP contribution >= 0.6 is 0 Å². The van der Waals surface area contributed by atoms with Crippen LogP contribution in [0.5, 0.6) is 0 Å². The summed E-state index contributed by atoms with van der Waals surface area (Å²) in [6.45, 7) is 0. The van der Waals surface area contributed by atoms with Crippen LogP contribution in [-0.2, 0) is 0 Å². The van der Waals surface area contributed by atoms with Crippen LogP contribution in [0.1, 0.15) is 27.7 Å². The average Bonchev–Trinajstić information content (AvgIpc) is 2.63. The Morgan fingerprint density at radius 1 is 1.16 bits per heavy atom. The van der Waals surface area contributed by atoms with Crippen LogP contribution in [-0.4, -0.2) is 27.8 Å². The highest BCUT2D eigenvalue weighted by Gasteiger charge is 2.27. The van der Waals surface area contributed by atoms with Gasteiger partial charge in [-0.2, -0.15) is 0 Å². The van der Waals surface area contributed by atoms with E-state index >= 15 is 0 Å². The number of halogens is 1. The molecule has 0 spiro atoms. The second kappa shape index (κ2) is 7.09. The summed E-state index contributed by atoms with van der Waals surface area (Å²) < 4.78 is 13.7. The van der Waals surface area contributed by atoms with Gasteiger partial charge in [-0.05, 0) is 42.0 Å². The van der Waals surface area contributed by atoms with Crippen LogP contribution in [0, 0.1) is 5.82 Å². The van der Waals surface area contributed by atoms with Gasteiger partial charge in [0.1, 0.15) is 11.4 Å². The van der Waals surface area contributed by atoms with Gasteiger partial charge in [0, 0.05) is 19.4 Å². The lowest BCUT2D eigenvalue weighted by Gasteiger charge is -2.28. The van der Waals surface area contributed by atoms with E-state index in [4.69, 9.17) is 0 Å². The first-order chi connectivity index (χ1) is 12.1. The number of pyridine rings is 2. The van der Waals surface area contributed by atoms with E-state index < -0.39 is 23.3 Å². The Morgan fingerprint density at radius 3 is 2.68 bits per heavy atom. The summed E-state index contributed by atoms with van der Waals surface area (Å²) in [5, 5.41) is 0. The van der Waals surface area contributed by atoms with Gasteiger partial charge in [0.25, 0.3) is 11.5 Å². The minimum Gasteiger partial charge on any atom is -0.329 e. The number of carbonyl (C=O) groups is 1. The van der Waals surface area contributed by atoms with Gasteiger partial charge >= 0.3 is 0 Å². The Labute approximate surface area is 143 Å². The molecule has 5 nitrogen and oxygen atoms in total. The number of nitrogens with zero attached hydrogens (tertiary/aromatic N) is 2. The van der Waals surface area contributed by atoms with Gasteiger partial charge in [-0.3, -0.25) is 14.6 Å². The second-order valence-electron chi connectivity index (χ2n) is 5.54. The number of nitrogens with one attached hydrogen (secondary N) is 1. The quantitative estimate of drug-likeness (QED) is 0.796. The molecule has 0 aliphatic heterocycles. The highest BCUT2D eigenvalue weighted by molar-refractivity contribution is 5.94. The number of H-pyrrole nitrogens is 1. The molecule has 3 rings (SSSR count). The minimum absolute atomic E-state index is 0.0161. The molecule has 0 aliphatic carbocycles. The number of rotatable bonds is 4. The molecule has 0 radical (unpaired) electrons. The third-order valence-electron chi connectivity index (χ3n) is 3.89. The molecular weight excluding hydrogens is 321 g/mol. The van der Waals surface area contributed by atoms with E-state index in [1.807, 2.05) is 0 Å². The maximum atomic E-state index is 13.7. The highest BCUT2D eigenvalue weighted by atomic mass is 19.1. The molecule has 0 bridgehead atoms. The molecule has 3 aromatic rings. The van der Waals surface area contributed by atoms with Gasteiger partial charge in [0.2, 0.25) is 0 Å². The molecule has 0 saturated heterocycles. The first kappa shape index (κ1) is 16.6. The van der Waals surface area contributed by atoms with Crippen LogP contribution in [0.25, 0.3) is 0 Å². The molecule has 0 fully saturated rings. The van der Waals surface area contributed by atoms with Crippen molar-refractivity contribution < 1.29 is 9.18 Å². The van der Waals surface area contributed by atoms with E-state index in [1.165, 1.54) is 29.3 Å². The molecular formula is C19H16FN3O2. The normalized spacial score (nSPS) is 11.8. The number of amides is 1. The molecule has 1 amide bonds. The van der Waals surface area contributed by atoms with E-state index in [0.29, 0.717) is 11.3 Å². The largest absolute Gasteiger partial charge is 0.329 e. The van der Waals surface area contributed by atoms with Gasteiger partial charge in [-0.1, -0.05) is 18.2 Å². The summed E-state index contributed by atoms with van der Waals surface area (Å²) in [6, 6.07) is 13.7. The van der Waals surface area contributed by atoms with Crippen LogP contribution in [0.3, 0.4) is 0 Å². The van der Waals surface area contributed by atoms with Crippen LogP contribution < -0.4 is 5.56 Å². The van der Waals surface area contributed by atoms with Crippen molar-refractivity contribution >= 4 is 5.91 Å². The summed E-state index contributed by atoms with van der Waals surface area (Å²) in [4.78, 5) is 32.9. The van der Waals surface area contributed by atoms with Crippen molar-refractivity contribution in [2.75, 3.05) is 7.05 Å². The van der Waals surface area contributed by atoms with Crippen molar-refractivity contribution in [1.29, 1.82) is 0 Å². The van der Waals surface area contributed by atoms with Crippen molar-refractivity contribution in [3.05, 3.63) is 100.0 Å². The Balaban J connectivity index is 2.07. The Morgan fingerprint density at radius 2 is 2.00 bits per heavy atom. The van der Waals surface area contributed by atoms with Crippen molar-refractivity contribution in [2.24, 2.45) is 0 Å². The fourth-order valence-electron chi connectivity index (χ4n) is 2.70. The predicted molar refractivity (Wildman–Crippen MR) is 91.6 cm³/mol. The Hall–Kier alpha value is -3.28. The third-order valence-corrected chi connectivity index (χ3v) is 3.89. The fraction of sp³-hybridized carbons (Fsp3) is 0.105. The molecule has 1 aromatic carbocycles. The molecule has 2 aromatic heterocycles. The zero-order chi connectivity index (χ0) is 17.8. The Kier molecular flexibility index (Phi) is 4.70. The summed E-state index contributed by atoms with van der Waals surface area (Å²) in [5.41, 5.74) is 0.693. The summed E-state index contributed by atoms with van der Waals surface area (Å²) in [6.07, 6.45) is 3.07. The van der Waals surface area contributed by atoms with E-state index in [2.05, 4.69) is 9.97 Å². The van der Waals surface area contributed by atoms with Gasteiger partial charge in [-0.15, -0.1) is 0 Å². The summed E-state index contributed by atoms with van der Waals surface area (Å²) in [5.74, 6) is -0.876. The predicted octanol–water partition coefficient (Wildman–Crippen LogP) is 2.77. The van der Waals surface area contributed by atoms with Gasteiger partial charge < -0.3 is 9.88 Å². The number of carbonyl (C=O) groups excluding carboxylic acids is 1. The fourth-order valence-corrected chi connectivity index (χ4v) is 2.70. The van der Waals surface area contributed by atoms with Gasteiger partial charge in [-0.25, -0.2) is 4.39 Å². The molecule has 2 heterocycles. The number of hydrogen-bond donors (Lipinski definition) is 1. The molecule has 1 N–H and O–H groups in total. The standard InChI is InChI=1S/C19H16FN3O2/c1-23(19(25)15-8-5-11-22-18(15)24)17(16-9-2-3-10-21-16)13-6-4-7-14(20)12-13/h2-12,17H,1H3,(H,22,24). The van der Waals surface area contributed by atoms with Gasteiger partial charge in [0.15, 0.2) is 0 Å². The lowest BCUT2D eigenvalue weighted by atomic mass is 10.0. The Bertz CT molecular complexity index is 940. The van der Waals surface area contributed by atoms with E-state index in [9.17, 15) is 14.0 Å². The summed E-state index contributed by atoms with van der Waals surface area (Å²) >= 11 is 0. The zero-order valence-electron chi connectivity index (χ0n) is 13.5. The average molecular weight is 337 g/mol. The van der Waals surface area contributed by atoms with Gasteiger partial charge in [0.05, 0.1) is 11.7 Å². The SMILES string of the molecule is CN(C(=O)c1ccc[nH]c1=O)C(c1cccc(F)c1)c1ccccn1.